The van der Waals surface area contributed by atoms with Crippen LogP contribution >= 0.6 is 0 Å². The molecule has 0 spiro atoms. The van der Waals surface area contributed by atoms with E-state index in [1.54, 1.807) is 19.2 Å². The molecular weight excluding hydrogens is 386 g/mol. The molecule has 3 aromatic heterocycles. The van der Waals surface area contributed by atoms with Gasteiger partial charge in [-0.05, 0) is 25.0 Å². The minimum absolute atomic E-state index is 0.0206. The summed E-state index contributed by atoms with van der Waals surface area (Å²) in [5.41, 5.74) is 6.22. The van der Waals surface area contributed by atoms with Crippen LogP contribution in [0.5, 0.6) is 0 Å². The molecule has 11 nitrogen and oxygen atoms in total. The normalized spacial score (nSPS) is 14.2. The van der Waals surface area contributed by atoms with Gasteiger partial charge < -0.3 is 15.5 Å². The van der Waals surface area contributed by atoms with Gasteiger partial charge >= 0.3 is 0 Å². The van der Waals surface area contributed by atoms with Gasteiger partial charge in [-0.15, -0.1) is 0 Å². The number of nitrogens with one attached hydrogen (secondary N) is 2. The Kier molecular flexibility index (Phi) is 4.35. The number of pyridine rings is 1. The molecular formula is C16H17N7O4S. The maximum Gasteiger partial charge on any atom is 0.277 e. The van der Waals surface area contributed by atoms with Gasteiger partial charge in [0.25, 0.3) is 15.9 Å². The molecule has 0 saturated heterocycles. The Labute approximate surface area is 160 Å². The standard InChI is InChI=1S/C16H17N7O4S/c1-23-7-11(16(21-23)28(25,26)22-10-2-3-10)19-14(24)12-8-27-15(20-12)9-4-5-18-13(17)6-9/h4-8,10,22H,2-3H2,1H3,(H2,17,18)(H,19,24). The molecule has 0 radical (unpaired) electrons. The van der Waals surface area contributed by atoms with E-state index >= 15 is 0 Å². The lowest BCUT2D eigenvalue weighted by molar-refractivity contribution is 0.102. The highest BCUT2D eigenvalue weighted by Crippen LogP contribution is 2.26. The third-order valence-electron chi connectivity index (χ3n) is 3.96. The van der Waals surface area contributed by atoms with E-state index in [9.17, 15) is 13.2 Å². The molecule has 3 aromatic rings. The number of nitrogens with two attached hydrogens (primary N) is 1. The van der Waals surface area contributed by atoms with Gasteiger partial charge in [0.1, 0.15) is 17.8 Å². The van der Waals surface area contributed by atoms with Crippen LogP contribution in [0.1, 0.15) is 23.3 Å². The van der Waals surface area contributed by atoms with Crippen molar-refractivity contribution >= 4 is 27.4 Å². The van der Waals surface area contributed by atoms with Crippen LogP contribution in [-0.2, 0) is 17.1 Å². The minimum atomic E-state index is -3.84. The number of oxazole rings is 1. The topological polar surface area (TPSA) is 158 Å². The average molecular weight is 403 g/mol. The molecule has 4 N–H and O–H groups in total. The number of anilines is 2. The van der Waals surface area contributed by atoms with Crippen molar-refractivity contribution in [3.8, 4) is 11.5 Å². The number of nitrogen functional groups attached to an aromatic ring is 1. The highest BCUT2D eigenvalue weighted by molar-refractivity contribution is 7.89. The summed E-state index contributed by atoms with van der Waals surface area (Å²) < 4.78 is 34.1. The average Bonchev–Trinajstić information content (AvgIpc) is 3.15. The van der Waals surface area contributed by atoms with E-state index in [2.05, 4.69) is 25.1 Å². The van der Waals surface area contributed by atoms with Crippen LogP contribution < -0.4 is 15.8 Å². The third kappa shape index (κ3) is 3.73. The van der Waals surface area contributed by atoms with Gasteiger partial charge in [0.15, 0.2) is 5.69 Å². The van der Waals surface area contributed by atoms with Crippen LogP contribution in [0.25, 0.3) is 11.5 Å². The second-order valence-electron chi connectivity index (χ2n) is 6.38. The number of hydrogen-bond acceptors (Lipinski definition) is 8. The maximum absolute atomic E-state index is 12.5. The van der Waals surface area contributed by atoms with Crippen molar-refractivity contribution in [3.63, 3.8) is 0 Å². The molecule has 1 saturated carbocycles. The van der Waals surface area contributed by atoms with E-state index in [0.717, 1.165) is 12.8 Å². The molecule has 0 bridgehead atoms. The van der Waals surface area contributed by atoms with Crippen molar-refractivity contribution in [3.05, 3.63) is 36.5 Å². The van der Waals surface area contributed by atoms with Gasteiger partial charge in [0.05, 0.1) is 0 Å². The molecule has 0 atom stereocenters. The molecule has 1 fully saturated rings. The van der Waals surface area contributed by atoms with Crippen LogP contribution in [0.4, 0.5) is 11.5 Å². The molecule has 3 heterocycles. The maximum atomic E-state index is 12.5. The molecule has 12 heteroatoms. The number of hydrogen-bond donors (Lipinski definition) is 3. The van der Waals surface area contributed by atoms with E-state index < -0.39 is 15.9 Å². The van der Waals surface area contributed by atoms with Crippen molar-refractivity contribution in [1.82, 2.24) is 24.5 Å². The summed E-state index contributed by atoms with van der Waals surface area (Å²) >= 11 is 0. The van der Waals surface area contributed by atoms with Crippen molar-refractivity contribution in [2.45, 2.75) is 23.9 Å². The largest absolute Gasteiger partial charge is 0.444 e. The Morgan fingerprint density at radius 3 is 2.89 bits per heavy atom. The highest BCUT2D eigenvalue weighted by Gasteiger charge is 2.32. The van der Waals surface area contributed by atoms with E-state index in [4.69, 9.17) is 10.2 Å². The van der Waals surface area contributed by atoms with E-state index in [1.165, 1.54) is 23.3 Å². The SMILES string of the molecule is Cn1cc(NC(=O)c2coc(-c3ccnc(N)c3)n2)c(S(=O)(=O)NC2CC2)n1. The van der Waals surface area contributed by atoms with Gasteiger partial charge in [-0.2, -0.15) is 5.10 Å². The zero-order chi connectivity index (χ0) is 19.9. The van der Waals surface area contributed by atoms with Gasteiger partial charge in [0.2, 0.25) is 10.9 Å². The number of rotatable bonds is 6. The third-order valence-corrected chi connectivity index (χ3v) is 5.42. The fraction of sp³-hybridized carbons (Fsp3) is 0.250. The molecule has 0 aliphatic heterocycles. The lowest BCUT2D eigenvalue weighted by Gasteiger charge is -2.05. The molecule has 1 amide bonds. The van der Waals surface area contributed by atoms with Crippen molar-refractivity contribution < 1.29 is 17.6 Å². The Bertz CT molecular complexity index is 1150. The molecule has 0 unspecified atom stereocenters. The van der Waals surface area contributed by atoms with Gasteiger partial charge in [0, 0.05) is 31.0 Å². The number of aromatic nitrogens is 4. The molecule has 146 valence electrons. The first kappa shape index (κ1) is 18.1. The first-order valence-corrected chi connectivity index (χ1v) is 9.85. The second kappa shape index (κ2) is 6.73. The smallest absolute Gasteiger partial charge is 0.277 e. The minimum Gasteiger partial charge on any atom is -0.444 e. The van der Waals surface area contributed by atoms with Crippen molar-refractivity contribution in [2.75, 3.05) is 11.1 Å². The van der Waals surface area contributed by atoms with E-state index in [0.29, 0.717) is 5.56 Å². The van der Waals surface area contributed by atoms with Crippen LogP contribution in [0, 0.1) is 0 Å². The van der Waals surface area contributed by atoms with Gasteiger partial charge in [-0.3, -0.25) is 9.48 Å². The molecule has 0 aromatic carbocycles. The predicted octanol–water partition coefficient (Wildman–Crippen LogP) is 0.745. The van der Waals surface area contributed by atoms with Crippen molar-refractivity contribution in [1.29, 1.82) is 0 Å². The van der Waals surface area contributed by atoms with E-state index in [-0.39, 0.29) is 34.2 Å². The fourth-order valence-electron chi connectivity index (χ4n) is 2.51. The number of nitrogens with zero attached hydrogens (tertiary/aromatic N) is 4. The summed E-state index contributed by atoms with van der Waals surface area (Å²) in [7, 11) is -2.28. The van der Waals surface area contributed by atoms with E-state index in [1.807, 2.05) is 0 Å². The summed E-state index contributed by atoms with van der Waals surface area (Å²) in [6.07, 6.45) is 5.65. The summed E-state index contributed by atoms with van der Waals surface area (Å²) in [6, 6.07) is 3.11. The summed E-state index contributed by atoms with van der Waals surface area (Å²) in [5, 5.41) is 6.23. The van der Waals surface area contributed by atoms with Crippen LogP contribution in [0.3, 0.4) is 0 Å². The van der Waals surface area contributed by atoms with Crippen molar-refractivity contribution in [2.24, 2.45) is 7.05 Å². The fourth-order valence-corrected chi connectivity index (χ4v) is 3.92. The second-order valence-corrected chi connectivity index (χ2v) is 8.01. The first-order chi connectivity index (χ1) is 13.3. The Hall–Kier alpha value is -3.25. The number of amides is 1. The zero-order valence-electron chi connectivity index (χ0n) is 14.8. The predicted molar refractivity (Wildman–Crippen MR) is 98.7 cm³/mol. The quantitative estimate of drug-likeness (QED) is 0.544. The summed E-state index contributed by atoms with van der Waals surface area (Å²) in [6.45, 7) is 0. The Morgan fingerprint density at radius 1 is 1.39 bits per heavy atom. The van der Waals surface area contributed by atoms with Crippen LogP contribution in [0.2, 0.25) is 0 Å². The first-order valence-electron chi connectivity index (χ1n) is 8.36. The molecule has 28 heavy (non-hydrogen) atoms. The Morgan fingerprint density at radius 2 is 2.18 bits per heavy atom. The summed E-state index contributed by atoms with van der Waals surface area (Å²) in [4.78, 5) is 20.5. The number of carbonyl (C=O) groups is 1. The van der Waals surface area contributed by atoms with Crippen LogP contribution in [0.15, 0.2) is 40.2 Å². The number of sulfonamides is 1. The lowest BCUT2D eigenvalue weighted by atomic mass is 10.2. The number of carbonyl (C=O) groups excluding carboxylic acids is 1. The lowest BCUT2D eigenvalue weighted by Crippen LogP contribution is -2.27. The number of aryl methyl sites for hydroxylation is 1. The Balaban J connectivity index is 1.56. The molecule has 1 aliphatic rings. The molecule has 4 rings (SSSR count). The molecule has 1 aliphatic carbocycles. The highest BCUT2D eigenvalue weighted by atomic mass is 32.2. The monoisotopic (exact) mass is 403 g/mol. The van der Waals surface area contributed by atoms with Crippen LogP contribution in [-0.4, -0.2) is 40.1 Å². The van der Waals surface area contributed by atoms with Gasteiger partial charge in [-0.1, -0.05) is 0 Å². The summed E-state index contributed by atoms with van der Waals surface area (Å²) in [5.74, 6) is -0.156. The van der Waals surface area contributed by atoms with Gasteiger partial charge in [-0.25, -0.2) is 23.1 Å². The zero-order valence-corrected chi connectivity index (χ0v) is 15.6.